The van der Waals surface area contributed by atoms with Gasteiger partial charge in [-0.1, -0.05) is 47.6 Å². The SMILES string of the molecule is O=C(O)CCC(=O)OC(COc1ccc(CC2SC(=O)CNC2=O)cc1)c1cccc(Cl)c1. The van der Waals surface area contributed by atoms with Crippen molar-refractivity contribution in [3.8, 4) is 5.75 Å². The Morgan fingerprint density at radius 1 is 1.15 bits per heavy atom. The Balaban J connectivity index is 1.62. The van der Waals surface area contributed by atoms with E-state index in [1.807, 2.05) is 0 Å². The van der Waals surface area contributed by atoms with Crippen LogP contribution in [0, 0.1) is 0 Å². The van der Waals surface area contributed by atoms with Crippen LogP contribution in [0.1, 0.15) is 30.1 Å². The highest BCUT2D eigenvalue weighted by Gasteiger charge is 2.28. The second-order valence-electron chi connectivity index (χ2n) is 7.28. The van der Waals surface area contributed by atoms with Crippen molar-refractivity contribution in [2.24, 2.45) is 0 Å². The van der Waals surface area contributed by atoms with Crippen molar-refractivity contribution >= 4 is 46.3 Å². The Morgan fingerprint density at radius 3 is 2.61 bits per heavy atom. The normalized spacial score (nSPS) is 16.6. The number of nitrogens with one attached hydrogen (secondary N) is 1. The zero-order valence-corrected chi connectivity index (χ0v) is 19.1. The average molecular weight is 492 g/mol. The minimum atomic E-state index is -1.09. The van der Waals surface area contributed by atoms with Gasteiger partial charge in [-0.2, -0.15) is 0 Å². The summed E-state index contributed by atoms with van der Waals surface area (Å²) >= 11 is 7.09. The Hall–Kier alpha value is -3.04. The molecule has 1 heterocycles. The molecule has 3 rings (SSSR count). The maximum Gasteiger partial charge on any atom is 0.307 e. The quantitative estimate of drug-likeness (QED) is 0.486. The van der Waals surface area contributed by atoms with Gasteiger partial charge < -0.3 is 19.9 Å². The van der Waals surface area contributed by atoms with Gasteiger partial charge in [0.15, 0.2) is 6.10 Å². The van der Waals surface area contributed by atoms with E-state index in [0.717, 1.165) is 17.3 Å². The molecule has 1 amide bonds. The molecule has 0 aliphatic carbocycles. The summed E-state index contributed by atoms with van der Waals surface area (Å²) in [6.07, 6.45) is -0.949. The van der Waals surface area contributed by atoms with Crippen molar-refractivity contribution in [3.05, 3.63) is 64.7 Å². The molecule has 2 atom stereocenters. The molecule has 8 nitrogen and oxygen atoms in total. The number of aliphatic carboxylic acids is 1. The first-order valence-electron chi connectivity index (χ1n) is 10.2. The fraction of sp³-hybridized carbons (Fsp3) is 0.304. The number of halogens is 1. The van der Waals surface area contributed by atoms with Gasteiger partial charge in [0.25, 0.3) is 0 Å². The van der Waals surface area contributed by atoms with Crippen LogP contribution in [0.15, 0.2) is 48.5 Å². The van der Waals surface area contributed by atoms with Gasteiger partial charge in [-0.05, 0) is 41.8 Å². The van der Waals surface area contributed by atoms with E-state index in [1.54, 1.807) is 48.5 Å². The van der Waals surface area contributed by atoms with E-state index in [9.17, 15) is 19.2 Å². The van der Waals surface area contributed by atoms with Crippen molar-refractivity contribution in [1.29, 1.82) is 0 Å². The van der Waals surface area contributed by atoms with E-state index < -0.39 is 23.3 Å². The lowest BCUT2D eigenvalue weighted by Gasteiger charge is -2.21. The molecule has 2 N–H and O–H groups in total. The highest BCUT2D eigenvalue weighted by atomic mass is 35.5. The van der Waals surface area contributed by atoms with Crippen molar-refractivity contribution in [2.75, 3.05) is 13.2 Å². The van der Waals surface area contributed by atoms with Gasteiger partial charge in [-0.15, -0.1) is 0 Å². The number of carbonyl (C=O) groups is 4. The standard InChI is InChI=1S/C23H22ClNO7S/c24-16-3-1-2-15(11-16)18(32-21(28)9-8-20(26)27)13-31-17-6-4-14(5-7-17)10-19-23(30)25-12-22(29)33-19/h1-7,11,18-19H,8-10,12-13H2,(H,25,30)(H,26,27). The van der Waals surface area contributed by atoms with E-state index in [2.05, 4.69) is 5.32 Å². The summed E-state index contributed by atoms with van der Waals surface area (Å²) in [5.74, 6) is -1.38. The lowest BCUT2D eigenvalue weighted by molar-refractivity contribution is -0.153. The maximum atomic E-state index is 12.1. The molecular formula is C23H22ClNO7S. The first-order valence-corrected chi connectivity index (χ1v) is 11.4. The number of benzene rings is 2. The maximum absolute atomic E-state index is 12.1. The predicted molar refractivity (Wildman–Crippen MR) is 122 cm³/mol. The number of hydrogen-bond acceptors (Lipinski definition) is 7. The van der Waals surface area contributed by atoms with Crippen LogP contribution in [-0.2, 0) is 30.3 Å². The first kappa shape index (κ1) is 24.6. The summed E-state index contributed by atoms with van der Waals surface area (Å²) in [5.41, 5.74) is 1.49. The number of thioether (sulfide) groups is 1. The third kappa shape index (κ3) is 7.80. The van der Waals surface area contributed by atoms with Crippen molar-refractivity contribution < 1.29 is 33.8 Å². The van der Waals surface area contributed by atoms with E-state index in [1.165, 1.54) is 0 Å². The van der Waals surface area contributed by atoms with Crippen LogP contribution < -0.4 is 10.1 Å². The fourth-order valence-corrected chi connectivity index (χ4v) is 4.24. The van der Waals surface area contributed by atoms with Gasteiger partial charge in [0, 0.05) is 5.02 Å². The molecular weight excluding hydrogens is 470 g/mol. The van der Waals surface area contributed by atoms with Gasteiger partial charge in [-0.3, -0.25) is 19.2 Å². The number of carbonyl (C=O) groups excluding carboxylic acids is 3. The molecule has 1 saturated heterocycles. The summed E-state index contributed by atoms with van der Waals surface area (Å²) in [5, 5.41) is 11.3. The molecule has 1 aliphatic heterocycles. The molecule has 1 aliphatic rings. The Morgan fingerprint density at radius 2 is 1.91 bits per heavy atom. The minimum absolute atomic E-state index is 0.00607. The van der Waals surface area contributed by atoms with Crippen LogP contribution >= 0.6 is 23.4 Å². The Labute approximate surface area is 199 Å². The highest BCUT2D eigenvalue weighted by molar-refractivity contribution is 8.14. The number of esters is 1. The second kappa shape index (κ2) is 11.7. The van der Waals surface area contributed by atoms with Crippen LogP contribution in [0.25, 0.3) is 0 Å². The van der Waals surface area contributed by atoms with Gasteiger partial charge in [0.05, 0.1) is 24.6 Å². The summed E-state index contributed by atoms with van der Waals surface area (Å²) in [6.45, 7) is 0.0509. The van der Waals surface area contributed by atoms with Crippen LogP contribution in [0.4, 0.5) is 0 Å². The predicted octanol–water partition coefficient (Wildman–Crippen LogP) is 3.17. The van der Waals surface area contributed by atoms with Gasteiger partial charge in [0.1, 0.15) is 12.4 Å². The number of carboxylic acids is 1. The molecule has 1 fully saturated rings. The summed E-state index contributed by atoms with van der Waals surface area (Å²) in [6, 6.07) is 13.8. The van der Waals surface area contributed by atoms with Crippen LogP contribution in [0.2, 0.25) is 5.02 Å². The largest absolute Gasteiger partial charge is 0.489 e. The van der Waals surface area contributed by atoms with Gasteiger partial charge >= 0.3 is 11.9 Å². The molecule has 0 saturated carbocycles. The number of carboxylic acid groups (broad SMARTS) is 1. The van der Waals surface area contributed by atoms with Crippen molar-refractivity contribution in [2.45, 2.75) is 30.6 Å². The van der Waals surface area contributed by atoms with Gasteiger partial charge in [0.2, 0.25) is 11.0 Å². The summed E-state index contributed by atoms with van der Waals surface area (Å²) < 4.78 is 11.2. The lowest BCUT2D eigenvalue weighted by Crippen LogP contribution is -2.42. The van der Waals surface area contributed by atoms with Crippen LogP contribution in [0.3, 0.4) is 0 Å². The van der Waals surface area contributed by atoms with E-state index >= 15 is 0 Å². The van der Waals surface area contributed by atoms with Crippen LogP contribution in [0.5, 0.6) is 5.75 Å². The Bertz CT molecular complexity index is 1030. The third-order valence-electron chi connectivity index (χ3n) is 4.76. The molecule has 0 bridgehead atoms. The van der Waals surface area contributed by atoms with Gasteiger partial charge in [-0.25, -0.2) is 0 Å². The highest BCUT2D eigenvalue weighted by Crippen LogP contribution is 2.25. The molecule has 33 heavy (non-hydrogen) atoms. The van der Waals surface area contributed by atoms with E-state index in [-0.39, 0.29) is 37.0 Å². The number of hydrogen-bond donors (Lipinski definition) is 2. The molecule has 2 unspecified atom stereocenters. The average Bonchev–Trinajstić information content (AvgIpc) is 2.78. The second-order valence-corrected chi connectivity index (χ2v) is 8.98. The molecule has 0 spiro atoms. The monoisotopic (exact) mass is 491 g/mol. The first-order chi connectivity index (χ1) is 15.8. The molecule has 174 valence electrons. The number of ether oxygens (including phenoxy) is 2. The zero-order chi connectivity index (χ0) is 23.8. The summed E-state index contributed by atoms with van der Waals surface area (Å²) in [4.78, 5) is 46.3. The van der Waals surface area contributed by atoms with E-state index in [0.29, 0.717) is 22.8 Å². The fourth-order valence-electron chi connectivity index (χ4n) is 3.10. The molecule has 0 radical (unpaired) electrons. The van der Waals surface area contributed by atoms with Crippen LogP contribution in [-0.4, -0.2) is 46.5 Å². The smallest absolute Gasteiger partial charge is 0.307 e. The Kier molecular flexibility index (Phi) is 8.73. The van der Waals surface area contributed by atoms with Crippen molar-refractivity contribution in [1.82, 2.24) is 5.32 Å². The third-order valence-corrected chi connectivity index (χ3v) is 6.06. The number of rotatable bonds is 10. The topological polar surface area (TPSA) is 119 Å². The zero-order valence-electron chi connectivity index (χ0n) is 17.5. The molecule has 0 aromatic heterocycles. The van der Waals surface area contributed by atoms with Crippen molar-refractivity contribution in [3.63, 3.8) is 0 Å². The molecule has 2 aromatic carbocycles. The molecule has 10 heteroatoms. The summed E-state index contributed by atoms with van der Waals surface area (Å²) in [7, 11) is 0. The lowest BCUT2D eigenvalue weighted by atomic mass is 10.1. The number of amides is 1. The molecule has 2 aromatic rings. The minimum Gasteiger partial charge on any atom is -0.489 e. The van der Waals surface area contributed by atoms with E-state index in [4.69, 9.17) is 26.2 Å².